The van der Waals surface area contributed by atoms with Gasteiger partial charge in [0.1, 0.15) is 5.82 Å². The lowest BCUT2D eigenvalue weighted by Crippen LogP contribution is -2.32. The molecule has 3 nitrogen and oxygen atoms in total. The van der Waals surface area contributed by atoms with Crippen molar-refractivity contribution < 1.29 is 0 Å². The fourth-order valence-corrected chi connectivity index (χ4v) is 4.48. The summed E-state index contributed by atoms with van der Waals surface area (Å²) >= 11 is 0. The van der Waals surface area contributed by atoms with Crippen molar-refractivity contribution >= 4 is 11.0 Å². The maximum Gasteiger partial charge on any atom is 0.111 e. The van der Waals surface area contributed by atoms with E-state index in [1.807, 2.05) is 0 Å². The average Bonchev–Trinajstić information content (AvgIpc) is 2.84. The molecule has 2 aromatic rings. The Balaban J connectivity index is 1.58. The number of nitrogens with zero attached hydrogens (tertiary/aromatic N) is 2. The fraction of sp³-hybridized carbons (Fsp3) is 0.588. The van der Waals surface area contributed by atoms with Crippen molar-refractivity contribution in [1.82, 2.24) is 14.9 Å². The highest BCUT2D eigenvalue weighted by Crippen LogP contribution is 2.59. The Labute approximate surface area is 120 Å². The van der Waals surface area contributed by atoms with Crippen LogP contribution < -0.4 is 5.32 Å². The van der Waals surface area contributed by atoms with E-state index in [0.717, 1.165) is 29.7 Å². The Morgan fingerprint density at radius 2 is 2.05 bits per heavy atom. The summed E-state index contributed by atoms with van der Waals surface area (Å²) in [5.74, 6) is 4.12. The van der Waals surface area contributed by atoms with Crippen LogP contribution in [0.3, 0.4) is 0 Å². The van der Waals surface area contributed by atoms with Gasteiger partial charge in [-0.25, -0.2) is 4.98 Å². The topological polar surface area (TPSA) is 29.9 Å². The number of para-hydroxylation sites is 2. The van der Waals surface area contributed by atoms with Gasteiger partial charge in [0.2, 0.25) is 0 Å². The molecule has 1 aromatic carbocycles. The highest BCUT2D eigenvalue weighted by atomic mass is 15.1. The Morgan fingerprint density at radius 3 is 2.75 bits per heavy atom. The van der Waals surface area contributed by atoms with Crippen molar-refractivity contribution in [3.8, 4) is 0 Å². The second-order valence-corrected chi connectivity index (χ2v) is 6.51. The zero-order chi connectivity index (χ0) is 13.7. The second-order valence-electron chi connectivity index (χ2n) is 6.51. The van der Waals surface area contributed by atoms with Gasteiger partial charge in [-0.05, 0) is 49.8 Å². The quantitative estimate of drug-likeness (QED) is 0.925. The SMILES string of the molecule is CNC(Cc1nc2ccccc2n1C)C1C2CCCC21. The van der Waals surface area contributed by atoms with Crippen molar-refractivity contribution in [2.75, 3.05) is 7.05 Å². The van der Waals surface area contributed by atoms with Crippen LogP contribution >= 0.6 is 0 Å². The molecule has 1 aromatic heterocycles. The largest absolute Gasteiger partial charge is 0.331 e. The zero-order valence-electron chi connectivity index (χ0n) is 12.3. The number of nitrogens with one attached hydrogen (secondary N) is 1. The molecule has 0 spiro atoms. The number of imidazole rings is 1. The summed E-state index contributed by atoms with van der Waals surface area (Å²) in [5.41, 5.74) is 2.36. The molecule has 0 bridgehead atoms. The Morgan fingerprint density at radius 1 is 1.30 bits per heavy atom. The van der Waals surface area contributed by atoms with Gasteiger partial charge in [0.25, 0.3) is 0 Å². The molecule has 2 aliphatic rings. The van der Waals surface area contributed by atoms with E-state index < -0.39 is 0 Å². The summed E-state index contributed by atoms with van der Waals surface area (Å²) in [6.07, 6.45) is 5.42. The summed E-state index contributed by atoms with van der Waals surface area (Å²) in [4.78, 5) is 4.83. The first kappa shape index (κ1) is 12.4. The standard InChI is InChI=1S/C17H23N3/c1-18-14(17-11-6-5-7-12(11)17)10-16-19-13-8-3-4-9-15(13)20(16)2/h3-4,8-9,11-12,14,17-18H,5-7,10H2,1-2H3. The number of aryl methyl sites for hydroxylation is 1. The van der Waals surface area contributed by atoms with Crippen molar-refractivity contribution in [2.45, 2.75) is 31.7 Å². The molecule has 1 N–H and O–H groups in total. The van der Waals surface area contributed by atoms with E-state index in [4.69, 9.17) is 4.98 Å². The zero-order valence-corrected chi connectivity index (χ0v) is 12.3. The fourth-order valence-electron chi connectivity index (χ4n) is 4.48. The van der Waals surface area contributed by atoms with E-state index in [1.54, 1.807) is 0 Å². The predicted molar refractivity (Wildman–Crippen MR) is 81.6 cm³/mol. The lowest BCUT2D eigenvalue weighted by atomic mass is 10.0. The molecular weight excluding hydrogens is 246 g/mol. The second kappa shape index (κ2) is 4.59. The molecule has 2 saturated carbocycles. The summed E-state index contributed by atoms with van der Waals surface area (Å²) in [6, 6.07) is 9.03. The van der Waals surface area contributed by atoms with Crippen molar-refractivity contribution in [2.24, 2.45) is 24.8 Å². The van der Waals surface area contributed by atoms with Gasteiger partial charge in [-0.15, -0.1) is 0 Å². The summed E-state index contributed by atoms with van der Waals surface area (Å²) < 4.78 is 2.26. The maximum absolute atomic E-state index is 4.83. The molecule has 0 radical (unpaired) electrons. The smallest absolute Gasteiger partial charge is 0.111 e. The molecule has 4 rings (SSSR count). The van der Waals surface area contributed by atoms with Gasteiger partial charge in [-0.2, -0.15) is 0 Å². The molecule has 0 aliphatic heterocycles. The third-order valence-electron chi connectivity index (χ3n) is 5.59. The van der Waals surface area contributed by atoms with Crippen LogP contribution in [0.4, 0.5) is 0 Å². The summed E-state index contributed by atoms with van der Waals surface area (Å²) in [7, 11) is 4.26. The first-order valence-electron chi connectivity index (χ1n) is 7.87. The number of hydrogen-bond donors (Lipinski definition) is 1. The molecule has 1 heterocycles. The Bertz CT molecular complexity index is 620. The van der Waals surface area contributed by atoms with Gasteiger partial charge in [-0.3, -0.25) is 0 Å². The van der Waals surface area contributed by atoms with E-state index >= 15 is 0 Å². The van der Waals surface area contributed by atoms with Crippen molar-refractivity contribution in [3.63, 3.8) is 0 Å². The lowest BCUT2D eigenvalue weighted by molar-refractivity contribution is 0.419. The molecule has 20 heavy (non-hydrogen) atoms. The minimum atomic E-state index is 0.598. The third kappa shape index (κ3) is 1.80. The van der Waals surface area contributed by atoms with E-state index in [-0.39, 0.29) is 0 Å². The van der Waals surface area contributed by atoms with Crippen LogP contribution in [0.1, 0.15) is 25.1 Å². The number of hydrogen-bond acceptors (Lipinski definition) is 2. The molecular formula is C17H23N3. The molecule has 106 valence electrons. The molecule has 3 heteroatoms. The number of aromatic nitrogens is 2. The van der Waals surface area contributed by atoms with Crippen LogP contribution in [-0.4, -0.2) is 22.6 Å². The van der Waals surface area contributed by atoms with Crippen LogP contribution in [0, 0.1) is 17.8 Å². The average molecular weight is 269 g/mol. The summed E-state index contributed by atoms with van der Waals surface area (Å²) in [6.45, 7) is 0. The van der Waals surface area contributed by atoms with Gasteiger partial charge >= 0.3 is 0 Å². The predicted octanol–water partition coefficient (Wildman–Crippen LogP) is 2.75. The first-order chi connectivity index (χ1) is 9.79. The van der Waals surface area contributed by atoms with Gasteiger partial charge in [-0.1, -0.05) is 18.6 Å². The van der Waals surface area contributed by atoms with Crippen LogP contribution in [0.2, 0.25) is 0 Å². The highest BCUT2D eigenvalue weighted by Gasteiger charge is 2.55. The van der Waals surface area contributed by atoms with Crippen LogP contribution in [0.25, 0.3) is 11.0 Å². The first-order valence-corrected chi connectivity index (χ1v) is 7.87. The molecule has 3 atom stereocenters. The lowest BCUT2D eigenvalue weighted by Gasteiger charge is -2.18. The summed E-state index contributed by atoms with van der Waals surface area (Å²) in [5, 5.41) is 3.56. The van der Waals surface area contributed by atoms with Gasteiger partial charge < -0.3 is 9.88 Å². The molecule has 0 amide bonds. The van der Waals surface area contributed by atoms with Gasteiger partial charge in [0.15, 0.2) is 0 Å². The highest BCUT2D eigenvalue weighted by molar-refractivity contribution is 5.75. The maximum atomic E-state index is 4.83. The minimum absolute atomic E-state index is 0.598. The third-order valence-corrected chi connectivity index (χ3v) is 5.59. The van der Waals surface area contributed by atoms with Crippen LogP contribution in [0.5, 0.6) is 0 Å². The van der Waals surface area contributed by atoms with Gasteiger partial charge in [0.05, 0.1) is 11.0 Å². The molecule has 0 saturated heterocycles. The van der Waals surface area contributed by atoms with E-state index in [2.05, 4.69) is 48.2 Å². The normalized spacial score (nSPS) is 29.6. The minimum Gasteiger partial charge on any atom is -0.331 e. The monoisotopic (exact) mass is 269 g/mol. The van der Waals surface area contributed by atoms with E-state index in [1.165, 1.54) is 30.6 Å². The molecule has 2 fully saturated rings. The van der Waals surface area contributed by atoms with Crippen molar-refractivity contribution in [1.29, 1.82) is 0 Å². The number of likely N-dealkylation sites (N-methyl/N-ethyl adjacent to an activating group) is 1. The Hall–Kier alpha value is -1.35. The van der Waals surface area contributed by atoms with Crippen molar-refractivity contribution in [3.05, 3.63) is 30.1 Å². The molecule has 3 unspecified atom stereocenters. The number of benzene rings is 1. The Kier molecular flexibility index (Phi) is 2.84. The van der Waals surface area contributed by atoms with E-state index in [9.17, 15) is 0 Å². The van der Waals surface area contributed by atoms with Crippen LogP contribution in [-0.2, 0) is 13.5 Å². The molecule has 2 aliphatic carbocycles. The number of rotatable bonds is 4. The van der Waals surface area contributed by atoms with E-state index in [0.29, 0.717) is 6.04 Å². The van der Waals surface area contributed by atoms with Gasteiger partial charge in [0, 0.05) is 19.5 Å². The number of fused-ring (bicyclic) bond motifs is 2. The van der Waals surface area contributed by atoms with Crippen LogP contribution in [0.15, 0.2) is 24.3 Å².